The predicted octanol–water partition coefficient (Wildman–Crippen LogP) is 3.54. The van der Waals surface area contributed by atoms with Crippen molar-refractivity contribution < 1.29 is 0 Å². The summed E-state index contributed by atoms with van der Waals surface area (Å²) >= 11 is 0. The van der Waals surface area contributed by atoms with Crippen molar-refractivity contribution in [2.45, 2.75) is 72.8 Å². The average Bonchev–Trinajstić information content (AvgIpc) is 2.25. The van der Waals surface area contributed by atoms with Gasteiger partial charge < -0.3 is 5.32 Å². The zero-order valence-electron chi connectivity index (χ0n) is 13.6. The summed E-state index contributed by atoms with van der Waals surface area (Å²) in [6, 6.07) is 0. The highest BCUT2D eigenvalue weighted by molar-refractivity contribution is 5.28. The molecule has 0 aliphatic carbocycles. The average molecular weight is 263 g/mol. The molecule has 0 aliphatic heterocycles. The summed E-state index contributed by atoms with van der Waals surface area (Å²) in [5.41, 5.74) is 3.73. The van der Waals surface area contributed by atoms with E-state index in [-0.39, 0.29) is 5.54 Å². The molecule has 0 saturated carbocycles. The van der Waals surface area contributed by atoms with Gasteiger partial charge in [0.15, 0.2) is 0 Å². The van der Waals surface area contributed by atoms with Crippen molar-refractivity contribution >= 4 is 0 Å². The molecule has 0 aliphatic rings. The molecule has 0 aromatic carbocycles. The minimum absolute atomic E-state index is 0.152. The summed E-state index contributed by atoms with van der Waals surface area (Å²) < 4.78 is 0. The molecule has 0 amide bonds. The lowest BCUT2D eigenvalue weighted by molar-refractivity contribution is 0.411. The molecule has 1 aromatic rings. The SMILES string of the molecule is CCCc1nc(C)c(C(C)CNC(C)(C)C)c(C)n1. The number of aromatic nitrogens is 2. The van der Waals surface area contributed by atoms with Crippen LogP contribution in [0.2, 0.25) is 0 Å². The van der Waals surface area contributed by atoms with Gasteiger partial charge in [-0.25, -0.2) is 9.97 Å². The maximum atomic E-state index is 4.65. The van der Waals surface area contributed by atoms with Crippen LogP contribution >= 0.6 is 0 Å². The van der Waals surface area contributed by atoms with Crippen molar-refractivity contribution in [3.05, 3.63) is 22.8 Å². The first kappa shape index (κ1) is 16.1. The molecule has 19 heavy (non-hydrogen) atoms. The Kier molecular flexibility index (Phi) is 5.48. The van der Waals surface area contributed by atoms with Gasteiger partial charge in [-0.05, 0) is 52.5 Å². The van der Waals surface area contributed by atoms with Gasteiger partial charge in [0, 0.05) is 29.9 Å². The van der Waals surface area contributed by atoms with Crippen LogP contribution in [0.15, 0.2) is 0 Å². The zero-order chi connectivity index (χ0) is 14.6. The Balaban J connectivity index is 2.88. The summed E-state index contributed by atoms with van der Waals surface area (Å²) in [6.45, 7) is 16.2. The van der Waals surface area contributed by atoms with Gasteiger partial charge in [-0.3, -0.25) is 0 Å². The van der Waals surface area contributed by atoms with Crippen molar-refractivity contribution in [3.8, 4) is 0 Å². The van der Waals surface area contributed by atoms with Crippen LogP contribution in [0, 0.1) is 13.8 Å². The van der Waals surface area contributed by atoms with Crippen LogP contribution in [0.1, 0.15) is 69.7 Å². The van der Waals surface area contributed by atoms with Gasteiger partial charge in [-0.1, -0.05) is 13.8 Å². The predicted molar refractivity (Wildman–Crippen MR) is 81.7 cm³/mol. The van der Waals surface area contributed by atoms with Crippen LogP contribution < -0.4 is 5.32 Å². The first-order chi connectivity index (χ1) is 8.74. The molecule has 1 heterocycles. The van der Waals surface area contributed by atoms with Gasteiger partial charge in [0.2, 0.25) is 0 Å². The van der Waals surface area contributed by atoms with Crippen molar-refractivity contribution in [1.82, 2.24) is 15.3 Å². The fraction of sp³-hybridized carbons (Fsp3) is 0.750. The second-order valence-corrected chi connectivity index (χ2v) is 6.51. The molecule has 3 heteroatoms. The molecule has 1 rings (SSSR count). The minimum Gasteiger partial charge on any atom is -0.311 e. The maximum Gasteiger partial charge on any atom is 0.128 e. The van der Waals surface area contributed by atoms with E-state index in [0.29, 0.717) is 5.92 Å². The van der Waals surface area contributed by atoms with Crippen LogP contribution in [-0.4, -0.2) is 22.1 Å². The van der Waals surface area contributed by atoms with E-state index in [0.717, 1.165) is 36.6 Å². The van der Waals surface area contributed by atoms with Crippen molar-refractivity contribution in [3.63, 3.8) is 0 Å². The fourth-order valence-corrected chi connectivity index (χ4v) is 2.40. The second-order valence-electron chi connectivity index (χ2n) is 6.51. The third-order valence-electron chi connectivity index (χ3n) is 3.28. The Morgan fingerprint density at radius 1 is 1.11 bits per heavy atom. The third-order valence-corrected chi connectivity index (χ3v) is 3.28. The minimum atomic E-state index is 0.152. The number of nitrogens with one attached hydrogen (secondary N) is 1. The second kappa shape index (κ2) is 6.47. The lowest BCUT2D eigenvalue weighted by Crippen LogP contribution is -2.38. The van der Waals surface area contributed by atoms with Crippen LogP contribution in [-0.2, 0) is 6.42 Å². The van der Waals surface area contributed by atoms with Crippen LogP contribution in [0.3, 0.4) is 0 Å². The summed E-state index contributed by atoms with van der Waals surface area (Å²) in [6.07, 6.45) is 2.07. The van der Waals surface area contributed by atoms with Gasteiger partial charge in [-0.2, -0.15) is 0 Å². The molecular formula is C16H29N3. The summed E-state index contributed by atoms with van der Waals surface area (Å²) in [5, 5.41) is 3.56. The van der Waals surface area contributed by atoms with E-state index in [2.05, 4.69) is 63.8 Å². The Bertz CT molecular complexity index is 395. The molecule has 3 nitrogen and oxygen atoms in total. The molecule has 108 valence electrons. The molecule has 0 saturated heterocycles. The lowest BCUT2D eigenvalue weighted by atomic mass is 9.96. The van der Waals surface area contributed by atoms with E-state index in [1.54, 1.807) is 0 Å². The Labute approximate surface area is 118 Å². The highest BCUT2D eigenvalue weighted by Gasteiger charge is 2.17. The van der Waals surface area contributed by atoms with Crippen LogP contribution in [0.4, 0.5) is 0 Å². The first-order valence-corrected chi connectivity index (χ1v) is 7.33. The number of nitrogens with zero attached hydrogens (tertiary/aromatic N) is 2. The smallest absolute Gasteiger partial charge is 0.128 e. The van der Waals surface area contributed by atoms with Gasteiger partial charge in [-0.15, -0.1) is 0 Å². The molecule has 1 unspecified atom stereocenters. The maximum absolute atomic E-state index is 4.65. The molecule has 0 fully saturated rings. The Morgan fingerprint density at radius 2 is 1.63 bits per heavy atom. The van der Waals surface area contributed by atoms with E-state index in [1.807, 2.05) is 0 Å². The Hall–Kier alpha value is -0.960. The normalized spacial score (nSPS) is 13.6. The molecule has 1 aromatic heterocycles. The van der Waals surface area contributed by atoms with E-state index < -0.39 is 0 Å². The number of hydrogen-bond donors (Lipinski definition) is 1. The fourth-order valence-electron chi connectivity index (χ4n) is 2.40. The van der Waals surface area contributed by atoms with Crippen molar-refractivity contribution in [2.75, 3.05) is 6.54 Å². The van der Waals surface area contributed by atoms with Crippen LogP contribution in [0.5, 0.6) is 0 Å². The zero-order valence-corrected chi connectivity index (χ0v) is 13.6. The highest BCUT2D eigenvalue weighted by Crippen LogP contribution is 2.21. The van der Waals surface area contributed by atoms with E-state index in [1.165, 1.54) is 5.56 Å². The van der Waals surface area contributed by atoms with Gasteiger partial charge in [0.05, 0.1) is 0 Å². The Morgan fingerprint density at radius 3 is 2.05 bits per heavy atom. The molecular weight excluding hydrogens is 234 g/mol. The number of rotatable bonds is 5. The third kappa shape index (κ3) is 4.90. The molecule has 0 bridgehead atoms. The molecule has 0 spiro atoms. The van der Waals surface area contributed by atoms with Crippen LogP contribution in [0.25, 0.3) is 0 Å². The monoisotopic (exact) mass is 263 g/mol. The van der Waals surface area contributed by atoms with Gasteiger partial charge in [0.25, 0.3) is 0 Å². The summed E-state index contributed by atoms with van der Waals surface area (Å²) in [5.74, 6) is 1.42. The van der Waals surface area contributed by atoms with Gasteiger partial charge in [0.1, 0.15) is 5.82 Å². The van der Waals surface area contributed by atoms with Crippen molar-refractivity contribution in [2.24, 2.45) is 0 Å². The van der Waals surface area contributed by atoms with E-state index in [9.17, 15) is 0 Å². The van der Waals surface area contributed by atoms with Crippen molar-refractivity contribution in [1.29, 1.82) is 0 Å². The standard InChI is InChI=1S/C16H29N3/c1-8-9-14-18-12(3)15(13(4)19-14)11(2)10-17-16(5,6)7/h11,17H,8-10H2,1-7H3. The summed E-state index contributed by atoms with van der Waals surface area (Å²) in [4.78, 5) is 9.30. The molecule has 0 radical (unpaired) electrons. The largest absolute Gasteiger partial charge is 0.311 e. The highest BCUT2D eigenvalue weighted by atomic mass is 14.9. The number of aryl methyl sites for hydroxylation is 3. The lowest BCUT2D eigenvalue weighted by Gasteiger charge is -2.25. The summed E-state index contributed by atoms with van der Waals surface area (Å²) in [7, 11) is 0. The molecule has 1 N–H and O–H groups in total. The van der Waals surface area contributed by atoms with E-state index in [4.69, 9.17) is 0 Å². The number of hydrogen-bond acceptors (Lipinski definition) is 3. The topological polar surface area (TPSA) is 37.8 Å². The van der Waals surface area contributed by atoms with E-state index >= 15 is 0 Å². The first-order valence-electron chi connectivity index (χ1n) is 7.33. The molecule has 1 atom stereocenters. The van der Waals surface area contributed by atoms with Gasteiger partial charge >= 0.3 is 0 Å². The quantitative estimate of drug-likeness (QED) is 0.883.